The lowest BCUT2D eigenvalue weighted by Gasteiger charge is -2.49. The zero-order valence-electron chi connectivity index (χ0n) is 16.4. The lowest BCUT2D eigenvalue weighted by molar-refractivity contribution is 0.0301. The summed E-state index contributed by atoms with van der Waals surface area (Å²) in [5, 5.41) is 11.0. The fourth-order valence-corrected chi connectivity index (χ4v) is 4.03. The fourth-order valence-electron chi connectivity index (χ4n) is 3.86. The van der Waals surface area contributed by atoms with Crippen molar-refractivity contribution in [1.82, 2.24) is 19.9 Å². The van der Waals surface area contributed by atoms with E-state index in [1.54, 1.807) is 0 Å². The van der Waals surface area contributed by atoms with E-state index in [-0.39, 0.29) is 5.28 Å². The highest BCUT2D eigenvalue weighted by molar-refractivity contribution is 6.65. The van der Waals surface area contributed by atoms with Crippen molar-refractivity contribution in [3.63, 3.8) is 0 Å². The zero-order chi connectivity index (χ0) is 19.3. The number of aliphatic hydroxyl groups is 1. The molecule has 0 amide bonds. The van der Waals surface area contributed by atoms with Crippen LogP contribution in [0, 0.1) is 0 Å². The van der Waals surface area contributed by atoms with Crippen molar-refractivity contribution in [3.05, 3.63) is 11.1 Å². The number of fused-ring (bicyclic) bond motifs is 1. The van der Waals surface area contributed by atoms with Gasteiger partial charge in [0.05, 0.1) is 65.9 Å². The Hall–Kier alpha value is -1.05. The average molecular weight is 369 g/mol. The van der Waals surface area contributed by atoms with Gasteiger partial charge in [-0.2, -0.15) is 9.97 Å². The summed E-state index contributed by atoms with van der Waals surface area (Å²) in [6, 6.07) is 0. The second-order valence-corrected chi connectivity index (χ2v) is 9.25. The molecule has 1 fully saturated rings. The van der Waals surface area contributed by atoms with Gasteiger partial charge < -0.3 is 19.7 Å². The van der Waals surface area contributed by atoms with E-state index < -0.39 is 15.8 Å². The van der Waals surface area contributed by atoms with Crippen molar-refractivity contribution in [2.45, 2.75) is 15.8 Å². The summed E-state index contributed by atoms with van der Waals surface area (Å²) in [5.41, 5.74) is -0.0400. The Labute approximate surface area is 163 Å². The second kappa shape index (κ2) is 6.53. The molecule has 0 unspecified atom stereocenters. The smallest absolute Gasteiger partial charge is 0.226 e. The summed E-state index contributed by atoms with van der Waals surface area (Å²) in [6.45, 7) is 2.70. The first-order chi connectivity index (χ1) is 11.9. The molecule has 0 atom stereocenters. The largest absolute Gasteiger partial charge is 0.385 e. The summed E-state index contributed by atoms with van der Waals surface area (Å²) >= 11 is 6.16. The van der Waals surface area contributed by atoms with Crippen molar-refractivity contribution < 1.29 is 9.84 Å². The molecule has 0 radical (unpaired) electrons. The van der Waals surface area contributed by atoms with Crippen LogP contribution in [0.3, 0.4) is 0 Å². The van der Waals surface area contributed by atoms with Gasteiger partial charge in [0.25, 0.3) is 0 Å². The Morgan fingerprint density at radius 3 is 2.12 bits per heavy atom. The summed E-state index contributed by atoms with van der Waals surface area (Å²) in [6.07, 6.45) is 0. The Morgan fingerprint density at radius 1 is 1.00 bits per heavy atom. The highest BCUT2D eigenvalue weighted by Crippen LogP contribution is 2.49. The van der Waals surface area contributed by atoms with Gasteiger partial charge in [0.1, 0.15) is 5.82 Å². The van der Waals surface area contributed by atoms with Gasteiger partial charge in [-0.05, 0) is 11.6 Å². The van der Waals surface area contributed by atoms with Gasteiger partial charge in [-0.1, -0.05) is 10.2 Å². The first kappa shape index (κ1) is 19.7. The van der Waals surface area contributed by atoms with Gasteiger partial charge in [0, 0.05) is 13.1 Å². The van der Waals surface area contributed by atoms with Crippen LogP contribution in [0.2, 0.25) is 15.5 Å². The molecule has 1 aliphatic heterocycles. The van der Waals surface area contributed by atoms with Crippen molar-refractivity contribution in [2.24, 2.45) is 0 Å². The molecular formula is C12H22B6ClN5O2. The Kier molecular flexibility index (Phi) is 4.95. The molecule has 2 N–H and O–H groups in total. The monoisotopic (exact) mass is 369 g/mol. The molecular weight excluding hydrogens is 346 g/mol. The molecule has 2 aromatic heterocycles. The van der Waals surface area contributed by atoms with Gasteiger partial charge in [0.2, 0.25) is 5.28 Å². The maximum atomic E-state index is 11.7. The first-order valence-electron chi connectivity index (χ1n) is 8.94. The van der Waals surface area contributed by atoms with E-state index in [2.05, 4.69) is 19.9 Å². The van der Waals surface area contributed by atoms with E-state index in [0.29, 0.717) is 49.1 Å². The van der Waals surface area contributed by atoms with Crippen LogP contribution in [0.15, 0.2) is 0 Å². The number of aromatic nitrogens is 4. The van der Waals surface area contributed by atoms with Crippen LogP contribution in [0.1, 0.15) is 5.82 Å². The standard InChI is InChI=1S/C12H22B6ClN5O2/c13-11(14,15)10(25,12(16,17)18)8-20-5-6(21-8)22-9(19)23-7(5)24-1-3-26-4-2-24/h25H,1-4,13-18H2,(H,20,21,22,23). The summed E-state index contributed by atoms with van der Waals surface area (Å²) in [7, 11) is 12.0. The van der Waals surface area contributed by atoms with E-state index in [1.807, 2.05) is 47.1 Å². The summed E-state index contributed by atoms with van der Waals surface area (Å²) in [4.78, 5) is 18.8. The molecule has 0 spiro atoms. The molecule has 0 bridgehead atoms. The number of rotatable bonds is 4. The molecule has 132 valence electrons. The van der Waals surface area contributed by atoms with Crippen LogP contribution in [0.4, 0.5) is 5.82 Å². The van der Waals surface area contributed by atoms with E-state index in [9.17, 15) is 5.11 Å². The number of nitrogens with zero attached hydrogens (tertiary/aromatic N) is 4. The van der Waals surface area contributed by atoms with Crippen molar-refractivity contribution in [1.29, 1.82) is 0 Å². The number of hydrogen-bond donors (Lipinski definition) is 2. The molecule has 3 heterocycles. The van der Waals surface area contributed by atoms with Crippen LogP contribution >= 0.6 is 11.6 Å². The van der Waals surface area contributed by atoms with Gasteiger partial charge in [-0.25, -0.2) is 4.98 Å². The molecule has 7 nitrogen and oxygen atoms in total. The molecule has 0 saturated carbocycles. The third kappa shape index (κ3) is 3.18. The quantitative estimate of drug-likeness (QED) is 0.415. The van der Waals surface area contributed by atoms with E-state index in [4.69, 9.17) is 21.3 Å². The van der Waals surface area contributed by atoms with Crippen molar-refractivity contribution in [2.75, 3.05) is 31.2 Å². The molecule has 1 saturated heterocycles. The highest BCUT2D eigenvalue weighted by Gasteiger charge is 2.51. The molecule has 1 aliphatic rings. The number of H-pyrrole nitrogens is 1. The number of anilines is 1. The Balaban J connectivity index is 2.20. The minimum Gasteiger partial charge on any atom is -0.385 e. The van der Waals surface area contributed by atoms with Crippen LogP contribution in [-0.4, -0.2) is 98.4 Å². The van der Waals surface area contributed by atoms with Crippen LogP contribution < -0.4 is 4.90 Å². The summed E-state index contributed by atoms with van der Waals surface area (Å²) in [5.74, 6) is 1.16. The maximum absolute atomic E-state index is 11.7. The number of hydrogen-bond acceptors (Lipinski definition) is 6. The van der Waals surface area contributed by atoms with Crippen LogP contribution in [0.5, 0.6) is 0 Å². The first-order valence-corrected chi connectivity index (χ1v) is 9.32. The predicted octanol–water partition coefficient (Wildman–Crippen LogP) is -5.02. The van der Waals surface area contributed by atoms with Crippen LogP contribution in [0.25, 0.3) is 11.2 Å². The number of ether oxygens (including phenoxy) is 1. The van der Waals surface area contributed by atoms with Crippen LogP contribution in [-0.2, 0) is 10.3 Å². The molecule has 3 rings (SSSR count). The minimum absolute atomic E-state index is 0.157. The third-order valence-corrected chi connectivity index (χ3v) is 5.29. The highest BCUT2D eigenvalue weighted by atomic mass is 35.5. The normalized spacial score (nSPS) is 16.9. The third-order valence-electron chi connectivity index (χ3n) is 5.12. The van der Waals surface area contributed by atoms with Gasteiger partial charge in [0.15, 0.2) is 17.0 Å². The number of imidazole rings is 1. The van der Waals surface area contributed by atoms with E-state index in [1.165, 1.54) is 0 Å². The fraction of sp³-hybridized carbons (Fsp3) is 0.583. The molecule has 0 aromatic carbocycles. The molecule has 0 aliphatic carbocycles. The van der Waals surface area contributed by atoms with Gasteiger partial charge >= 0.3 is 0 Å². The molecule has 2 aromatic rings. The number of morpholine rings is 1. The van der Waals surface area contributed by atoms with Crippen molar-refractivity contribution in [3.8, 4) is 0 Å². The summed E-state index contributed by atoms with van der Waals surface area (Å²) < 4.78 is 5.43. The zero-order valence-corrected chi connectivity index (χ0v) is 17.1. The Bertz CT molecular complexity index is 803. The number of nitrogens with one attached hydrogen (secondary N) is 1. The lowest BCUT2D eigenvalue weighted by atomic mass is 9.23. The topological polar surface area (TPSA) is 87.2 Å². The Morgan fingerprint density at radius 2 is 1.58 bits per heavy atom. The lowest BCUT2D eigenvalue weighted by Crippen LogP contribution is -2.53. The maximum Gasteiger partial charge on any atom is 0.226 e. The van der Waals surface area contributed by atoms with Gasteiger partial charge in [-0.15, -0.1) is 0 Å². The van der Waals surface area contributed by atoms with E-state index in [0.717, 1.165) is 0 Å². The molecule has 26 heavy (non-hydrogen) atoms. The average Bonchev–Trinajstić information content (AvgIpc) is 2.95. The number of halogens is 1. The minimum atomic E-state index is -1.20. The predicted molar refractivity (Wildman–Crippen MR) is 120 cm³/mol. The molecule has 14 heteroatoms. The van der Waals surface area contributed by atoms with Gasteiger partial charge in [-0.3, -0.25) is 0 Å². The van der Waals surface area contributed by atoms with E-state index >= 15 is 0 Å². The SMILES string of the molecule is BC(B)(B)C(O)(c1nc2c(N3CCOCC3)nc(Cl)nc2[nH]1)C(B)(B)B. The number of aromatic amines is 1. The second-order valence-electron chi connectivity index (χ2n) is 8.91. The van der Waals surface area contributed by atoms with Crippen molar-refractivity contribution >= 4 is 75.7 Å².